The van der Waals surface area contributed by atoms with Gasteiger partial charge in [-0.05, 0) is 72.3 Å². The largest absolute Gasteiger partial charge is 0.465 e. The SMILES string of the molecule is CCOC(=O)C(c1nnc(Br)n1COCC[Si](C)(C)C)C(C1CC1)C1CC1. The van der Waals surface area contributed by atoms with Crippen molar-refractivity contribution in [3.8, 4) is 0 Å². The molecule has 2 aliphatic carbocycles. The number of nitrogens with zero attached hydrogens (tertiary/aromatic N) is 3. The van der Waals surface area contributed by atoms with E-state index in [-0.39, 0.29) is 11.9 Å². The molecule has 1 atom stereocenters. The Kier molecular flexibility index (Phi) is 6.79. The number of carbonyl (C=O) groups excluding carboxylic acids is 1. The van der Waals surface area contributed by atoms with Gasteiger partial charge < -0.3 is 9.47 Å². The van der Waals surface area contributed by atoms with Crippen molar-refractivity contribution in [1.29, 1.82) is 0 Å². The van der Waals surface area contributed by atoms with Crippen LogP contribution in [0, 0.1) is 17.8 Å². The average Bonchev–Trinajstić information content (AvgIpc) is 3.49. The number of esters is 1. The predicted molar refractivity (Wildman–Crippen MR) is 110 cm³/mol. The summed E-state index contributed by atoms with van der Waals surface area (Å²) in [7, 11) is -1.14. The van der Waals surface area contributed by atoms with Crippen molar-refractivity contribution in [1.82, 2.24) is 14.8 Å². The zero-order chi connectivity index (χ0) is 19.6. The van der Waals surface area contributed by atoms with E-state index in [2.05, 4.69) is 45.8 Å². The lowest BCUT2D eigenvalue weighted by Gasteiger charge is -2.25. The molecular weight excluding hydrogens is 426 g/mol. The fourth-order valence-electron chi connectivity index (χ4n) is 3.74. The fraction of sp³-hybridized carbons (Fsp3) is 0.842. The maximum Gasteiger partial charge on any atom is 0.317 e. The number of hydrogen-bond donors (Lipinski definition) is 0. The van der Waals surface area contributed by atoms with Crippen LogP contribution < -0.4 is 0 Å². The van der Waals surface area contributed by atoms with Crippen molar-refractivity contribution in [3.05, 3.63) is 10.6 Å². The summed E-state index contributed by atoms with van der Waals surface area (Å²) in [6, 6.07) is 1.11. The second-order valence-electron chi connectivity index (χ2n) is 9.09. The maximum absolute atomic E-state index is 12.9. The molecule has 6 nitrogen and oxygen atoms in total. The lowest BCUT2D eigenvalue weighted by atomic mass is 9.83. The van der Waals surface area contributed by atoms with Crippen LogP contribution in [0.1, 0.15) is 44.3 Å². The summed E-state index contributed by atoms with van der Waals surface area (Å²) in [4.78, 5) is 12.9. The van der Waals surface area contributed by atoms with E-state index in [4.69, 9.17) is 9.47 Å². The van der Waals surface area contributed by atoms with E-state index < -0.39 is 8.07 Å². The number of hydrogen-bond acceptors (Lipinski definition) is 5. The molecule has 0 saturated heterocycles. The van der Waals surface area contributed by atoms with Crippen LogP contribution in [-0.4, -0.2) is 42.0 Å². The van der Waals surface area contributed by atoms with E-state index in [9.17, 15) is 4.79 Å². The summed E-state index contributed by atoms with van der Waals surface area (Å²) >= 11 is 3.49. The van der Waals surface area contributed by atoms with Crippen LogP contribution >= 0.6 is 15.9 Å². The van der Waals surface area contributed by atoms with Gasteiger partial charge in [-0.1, -0.05) is 19.6 Å². The van der Waals surface area contributed by atoms with Gasteiger partial charge in [0.2, 0.25) is 4.73 Å². The van der Waals surface area contributed by atoms with Crippen molar-refractivity contribution in [2.45, 2.75) is 70.9 Å². The minimum absolute atomic E-state index is 0.162. The van der Waals surface area contributed by atoms with Crippen molar-refractivity contribution < 1.29 is 14.3 Å². The molecular formula is C19H32BrN3O3Si. The van der Waals surface area contributed by atoms with Gasteiger partial charge in [-0.25, -0.2) is 0 Å². The highest BCUT2D eigenvalue weighted by atomic mass is 79.9. The summed E-state index contributed by atoms with van der Waals surface area (Å²) in [5.41, 5.74) is 0. The van der Waals surface area contributed by atoms with Crippen LogP contribution in [0.4, 0.5) is 0 Å². The molecule has 0 radical (unpaired) electrons. The summed E-state index contributed by atoms with van der Waals surface area (Å²) in [5.74, 6) is 1.74. The molecule has 1 heterocycles. The highest BCUT2D eigenvalue weighted by Crippen LogP contribution is 2.55. The quantitative estimate of drug-likeness (QED) is 0.279. The Morgan fingerprint density at radius 3 is 2.37 bits per heavy atom. The molecule has 2 aliphatic rings. The molecule has 2 saturated carbocycles. The van der Waals surface area contributed by atoms with Gasteiger partial charge in [0.05, 0.1) is 6.61 Å². The molecule has 152 valence electrons. The van der Waals surface area contributed by atoms with Crippen molar-refractivity contribution in [2.24, 2.45) is 17.8 Å². The van der Waals surface area contributed by atoms with Gasteiger partial charge in [0.25, 0.3) is 0 Å². The van der Waals surface area contributed by atoms with E-state index in [1.54, 1.807) is 0 Å². The number of ether oxygens (including phenoxy) is 2. The molecule has 3 rings (SSSR count). The Balaban J connectivity index is 1.78. The van der Waals surface area contributed by atoms with Crippen LogP contribution in [0.2, 0.25) is 25.7 Å². The molecule has 1 aromatic heterocycles. The van der Waals surface area contributed by atoms with E-state index in [1.807, 2.05) is 11.5 Å². The first-order valence-electron chi connectivity index (χ1n) is 10.1. The molecule has 0 aliphatic heterocycles. The Hall–Kier alpha value is -0.733. The van der Waals surface area contributed by atoms with Gasteiger partial charge in [-0.2, -0.15) is 0 Å². The number of carbonyl (C=O) groups is 1. The molecule has 2 fully saturated rings. The Morgan fingerprint density at radius 1 is 1.22 bits per heavy atom. The van der Waals surface area contributed by atoms with E-state index in [0.29, 0.717) is 41.6 Å². The zero-order valence-electron chi connectivity index (χ0n) is 16.9. The zero-order valence-corrected chi connectivity index (χ0v) is 19.5. The molecule has 27 heavy (non-hydrogen) atoms. The van der Waals surface area contributed by atoms with Gasteiger partial charge in [0.15, 0.2) is 0 Å². The molecule has 0 aromatic carbocycles. The lowest BCUT2D eigenvalue weighted by molar-refractivity contribution is -0.147. The summed E-state index contributed by atoms with van der Waals surface area (Å²) in [5, 5.41) is 8.58. The minimum Gasteiger partial charge on any atom is -0.465 e. The van der Waals surface area contributed by atoms with Crippen LogP contribution in [0.3, 0.4) is 0 Å². The summed E-state index contributed by atoms with van der Waals surface area (Å²) in [6.45, 7) is 10.3. The fourth-order valence-corrected chi connectivity index (χ4v) is 4.86. The number of aromatic nitrogens is 3. The first kappa shape index (κ1) is 21.0. The van der Waals surface area contributed by atoms with Crippen LogP contribution in [-0.2, 0) is 21.0 Å². The third-order valence-corrected chi connectivity index (χ3v) is 7.78. The Labute approximate surface area is 171 Å². The molecule has 1 aromatic rings. The second kappa shape index (κ2) is 8.74. The van der Waals surface area contributed by atoms with Gasteiger partial charge >= 0.3 is 5.97 Å². The average molecular weight is 458 g/mol. The van der Waals surface area contributed by atoms with Crippen LogP contribution in [0.15, 0.2) is 4.73 Å². The monoisotopic (exact) mass is 457 g/mol. The molecule has 0 N–H and O–H groups in total. The molecule has 0 spiro atoms. The van der Waals surface area contributed by atoms with Crippen molar-refractivity contribution in [3.63, 3.8) is 0 Å². The Morgan fingerprint density at radius 2 is 1.85 bits per heavy atom. The van der Waals surface area contributed by atoms with Gasteiger partial charge in [-0.15, -0.1) is 10.2 Å². The van der Waals surface area contributed by atoms with Crippen LogP contribution in [0.5, 0.6) is 0 Å². The van der Waals surface area contributed by atoms with Gasteiger partial charge in [-0.3, -0.25) is 9.36 Å². The lowest BCUT2D eigenvalue weighted by Crippen LogP contribution is -2.30. The third kappa shape index (κ3) is 5.64. The molecule has 0 amide bonds. The van der Waals surface area contributed by atoms with E-state index in [0.717, 1.165) is 12.7 Å². The maximum atomic E-state index is 12.9. The standard InChI is InChI=1S/C19H32BrN3O3Si/c1-5-26-18(24)16(15(13-6-7-13)14-8-9-14)17-21-22-19(20)23(17)12-25-10-11-27(2,3)4/h13-16H,5-12H2,1-4H3. The minimum atomic E-state index is -1.14. The number of rotatable bonds is 11. The van der Waals surface area contributed by atoms with Crippen LogP contribution in [0.25, 0.3) is 0 Å². The van der Waals surface area contributed by atoms with Gasteiger partial charge in [0, 0.05) is 14.7 Å². The number of halogens is 1. The summed E-state index contributed by atoms with van der Waals surface area (Å²) < 4.78 is 13.9. The third-order valence-electron chi connectivity index (χ3n) is 5.49. The van der Waals surface area contributed by atoms with Crippen molar-refractivity contribution >= 4 is 30.0 Å². The summed E-state index contributed by atoms with van der Waals surface area (Å²) in [6.07, 6.45) is 4.83. The predicted octanol–water partition coefficient (Wildman–Crippen LogP) is 4.44. The van der Waals surface area contributed by atoms with Gasteiger partial charge in [0.1, 0.15) is 18.5 Å². The van der Waals surface area contributed by atoms with E-state index >= 15 is 0 Å². The highest BCUT2D eigenvalue weighted by Gasteiger charge is 2.50. The molecule has 1 unspecified atom stereocenters. The first-order valence-corrected chi connectivity index (χ1v) is 14.6. The molecule has 8 heteroatoms. The topological polar surface area (TPSA) is 66.2 Å². The normalized spacial score (nSPS) is 18.7. The molecule has 0 bridgehead atoms. The smallest absolute Gasteiger partial charge is 0.317 e. The first-order chi connectivity index (χ1) is 12.8. The van der Waals surface area contributed by atoms with E-state index in [1.165, 1.54) is 25.7 Å². The second-order valence-corrected chi connectivity index (χ2v) is 15.4. The highest BCUT2D eigenvalue weighted by molar-refractivity contribution is 9.10. The van der Waals surface area contributed by atoms with Crippen molar-refractivity contribution in [2.75, 3.05) is 13.2 Å². The Bertz CT molecular complexity index is 641.